The smallest absolute Gasteiger partial charge is 0.261 e. The van der Waals surface area contributed by atoms with Crippen LogP contribution < -0.4 is 5.73 Å². The van der Waals surface area contributed by atoms with Crippen LogP contribution in [-0.2, 0) is 12.0 Å². The Bertz CT molecular complexity index is 1190. The van der Waals surface area contributed by atoms with E-state index in [1.807, 2.05) is 19.1 Å². The van der Waals surface area contributed by atoms with Gasteiger partial charge in [0.05, 0.1) is 22.9 Å². The molecule has 0 spiro atoms. The van der Waals surface area contributed by atoms with Gasteiger partial charge in [0.2, 0.25) is 5.95 Å². The second-order valence-corrected chi connectivity index (χ2v) is 7.88. The Balaban J connectivity index is 1.64. The highest BCUT2D eigenvalue weighted by Crippen LogP contribution is 2.38. The van der Waals surface area contributed by atoms with Crippen LogP contribution in [0.25, 0.3) is 22.7 Å². The highest BCUT2D eigenvalue weighted by Gasteiger charge is 2.38. The summed E-state index contributed by atoms with van der Waals surface area (Å²) in [7, 11) is 0. The van der Waals surface area contributed by atoms with Gasteiger partial charge in [0, 0.05) is 30.4 Å². The number of halogens is 2. The first-order chi connectivity index (χ1) is 15.3. The first-order valence-corrected chi connectivity index (χ1v) is 9.97. The minimum Gasteiger partial charge on any atom is -0.368 e. The topological polar surface area (TPSA) is 121 Å². The Labute approximate surface area is 182 Å². The van der Waals surface area contributed by atoms with Crippen molar-refractivity contribution in [3.05, 3.63) is 54.5 Å². The van der Waals surface area contributed by atoms with Crippen molar-refractivity contribution in [2.75, 3.05) is 5.73 Å². The van der Waals surface area contributed by atoms with E-state index < -0.39 is 18.4 Å². The van der Waals surface area contributed by atoms with Crippen LogP contribution in [0.2, 0.25) is 0 Å². The molecule has 0 aliphatic rings. The number of nitrogens with zero attached hydrogens (tertiary/aromatic N) is 7. The van der Waals surface area contributed by atoms with Crippen LogP contribution in [0.4, 0.5) is 14.7 Å². The standard InChI is InChI=1S/C21H22F2N8O/c1-12(2)21(3,15-4-5-16(25-9-15)13-6-26-20(24)27-7-13)19-29-18(32-30-19)14-8-28-31(10-14)11-17(22)23/h4-10,12,17H,11H2,1-3H3,(H2,24,26,27)/t21-/m1/s1. The molecule has 0 saturated heterocycles. The molecule has 32 heavy (non-hydrogen) atoms. The summed E-state index contributed by atoms with van der Waals surface area (Å²) in [5.74, 6) is 0.984. The summed E-state index contributed by atoms with van der Waals surface area (Å²) in [6, 6.07) is 3.83. The van der Waals surface area contributed by atoms with E-state index in [9.17, 15) is 8.78 Å². The van der Waals surface area contributed by atoms with Gasteiger partial charge in [0.25, 0.3) is 12.3 Å². The predicted octanol–water partition coefficient (Wildman–Crippen LogP) is 3.59. The summed E-state index contributed by atoms with van der Waals surface area (Å²) in [6.45, 7) is 5.62. The van der Waals surface area contributed by atoms with Gasteiger partial charge in [0.15, 0.2) is 5.82 Å². The van der Waals surface area contributed by atoms with E-state index in [4.69, 9.17) is 10.3 Å². The molecular weight excluding hydrogens is 418 g/mol. The number of hydrogen-bond donors (Lipinski definition) is 1. The quantitative estimate of drug-likeness (QED) is 0.463. The second kappa shape index (κ2) is 8.40. The van der Waals surface area contributed by atoms with Crippen LogP contribution in [0, 0.1) is 5.92 Å². The van der Waals surface area contributed by atoms with Crippen molar-refractivity contribution in [3.8, 4) is 22.7 Å². The third kappa shape index (κ3) is 4.05. The molecule has 0 fully saturated rings. The molecule has 4 aromatic heterocycles. The van der Waals surface area contributed by atoms with Crippen molar-refractivity contribution < 1.29 is 13.3 Å². The third-order valence-corrected chi connectivity index (χ3v) is 5.58. The first kappa shape index (κ1) is 21.5. The van der Waals surface area contributed by atoms with Gasteiger partial charge < -0.3 is 10.3 Å². The lowest BCUT2D eigenvalue weighted by Crippen LogP contribution is -2.31. The SMILES string of the molecule is CC(C)[C@](C)(c1ccc(-c2cnc(N)nc2)nc1)c1noc(-c2cnn(CC(F)F)c2)n1. The Kier molecular flexibility index (Phi) is 5.64. The Hall–Kier alpha value is -3.76. The summed E-state index contributed by atoms with van der Waals surface area (Å²) in [5, 5.41) is 8.11. The Morgan fingerprint density at radius 1 is 1.06 bits per heavy atom. The van der Waals surface area contributed by atoms with E-state index in [-0.39, 0.29) is 17.8 Å². The number of hydrogen-bond acceptors (Lipinski definition) is 8. The lowest BCUT2D eigenvalue weighted by Gasteiger charge is -2.30. The van der Waals surface area contributed by atoms with Crippen LogP contribution in [0.1, 0.15) is 32.2 Å². The van der Waals surface area contributed by atoms with Crippen molar-refractivity contribution in [2.24, 2.45) is 5.92 Å². The van der Waals surface area contributed by atoms with Crippen LogP contribution in [0.5, 0.6) is 0 Å². The lowest BCUT2D eigenvalue weighted by molar-refractivity contribution is 0.122. The predicted molar refractivity (Wildman–Crippen MR) is 112 cm³/mol. The maximum atomic E-state index is 12.6. The van der Waals surface area contributed by atoms with E-state index in [1.54, 1.807) is 18.6 Å². The molecule has 4 aromatic rings. The van der Waals surface area contributed by atoms with Gasteiger partial charge in [-0.05, 0) is 24.5 Å². The van der Waals surface area contributed by atoms with Crippen LogP contribution >= 0.6 is 0 Å². The van der Waals surface area contributed by atoms with E-state index in [0.29, 0.717) is 17.1 Å². The van der Waals surface area contributed by atoms with Gasteiger partial charge >= 0.3 is 0 Å². The summed E-state index contributed by atoms with van der Waals surface area (Å²) < 4.78 is 31.8. The molecule has 2 N–H and O–H groups in total. The summed E-state index contributed by atoms with van der Waals surface area (Å²) in [4.78, 5) is 17.1. The van der Waals surface area contributed by atoms with Crippen LogP contribution in [-0.4, -0.2) is 41.3 Å². The van der Waals surface area contributed by atoms with Crippen LogP contribution in [0.15, 0.2) is 47.6 Å². The van der Waals surface area contributed by atoms with E-state index >= 15 is 0 Å². The lowest BCUT2D eigenvalue weighted by atomic mass is 9.73. The molecular formula is C21H22F2N8O. The Morgan fingerprint density at radius 3 is 2.44 bits per heavy atom. The van der Waals surface area contributed by atoms with Gasteiger partial charge in [-0.2, -0.15) is 10.1 Å². The second-order valence-electron chi connectivity index (χ2n) is 7.88. The average Bonchev–Trinajstić information content (AvgIpc) is 3.43. The molecule has 11 heteroatoms. The van der Waals surface area contributed by atoms with Gasteiger partial charge in [-0.3, -0.25) is 9.67 Å². The van der Waals surface area contributed by atoms with Gasteiger partial charge in [-0.25, -0.2) is 18.7 Å². The maximum Gasteiger partial charge on any atom is 0.261 e. The molecule has 9 nitrogen and oxygen atoms in total. The van der Waals surface area contributed by atoms with E-state index in [0.717, 1.165) is 15.8 Å². The zero-order valence-electron chi connectivity index (χ0n) is 17.8. The molecule has 0 aromatic carbocycles. The highest BCUT2D eigenvalue weighted by atomic mass is 19.3. The van der Waals surface area contributed by atoms with Crippen molar-refractivity contribution in [2.45, 2.75) is 39.2 Å². The number of rotatable bonds is 7. The van der Waals surface area contributed by atoms with Gasteiger partial charge in [-0.1, -0.05) is 25.1 Å². The number of pyridine rings is 1. The molecule has 0 unspecified atom stereocenters. The van der Waals surface area contributed by atoms with Crippen molar-refractivity contribution in [3.63, 3.8) is 0 Å². The summed E-state index contributed by atoms with van der Waals surface area (Å²) in [6.07, 6.45) is 5.39. The number of nitrogen functional groups attached to an aromatic ring is 1. The molecule has 0 radical (unpaired) electrons. The molecule has 0 saturated carbocycles. The number of alkyl halides is 2. The van der Waals surface area contributed by atoms with Crippen LogP contribution in [0.3, 0.4) is 0 Å². The maximum absolute atomic E-state index is 12.6. The fraction of sp³-hybridized carbons (Fsp3) is 0.333. The van der Waals surface area contributed by atoms with Gasteiger partial charge in [0.1, 0.15) is 6.54 Å². The van der Waals surface area contributed by atoms with Crippen molar-refractivity contribution in [1.29, 1.82) is 0 Å². The zero-order valence-corrected chi connectivity index (χ0v) is 17.8. The highest BCUT2D eigenvalue weighted by molar-refractivity contribution is 5.58. The minimum atomic E-state index is -2.50. The first-order valence-electron chi connectivity index (χ1n) is 9.97. The normalized spacial score (nSPS) is 13.6. The molecule has 1 atom stereocenters. The molecule has 0 aliphatic heterocycles. The van der Waals surface area contributed by atoms with Crippen molar-refractivity contribution in [1.82, 2.24) is 34.9 Å². The fourth-order valence-corrected chi connectivity index (χ4v) is 3.33. The summed E-state index contributed by atoms with van der Waals surface area (Å²) in [5.41, 5.74) is 7.77. The largest absolute Gasteiger partial charge is 0.368 e. The molecule has 166 valence electrons. The van der Waals surface area contributed by atoms with E-state index in [2.05, 4.69) is 44.0 Å². The van der Waals surface area contributed by atoms with Crippen molar-refractivity contribution >= 4 is 5.95 Å². The van der Waals surface area contributed by atoms with E-state index in [1.165, 1.54) is 12.4 Å². The Morgan fingerprint density at radius 2 is 1.81 bits per heavy atom. The molecule has 0 aliphatic carbocycles. The molecule has 4 rings (SSSR count). The molecule has 0 bridgehead atoms. The zero-order chi connectivity index (χ0) is 22.9. The molecule has 4 heterocycles. The average molecular weight is 440 g/mol. The third-order valence-electron chi connectivity index (χ3n) is 5.58. The fourth-order valence-electron chi connectivity index (χ4n) is 3.33. The minimum absolute atomic E-state index is 0.0991. The number of nitrogens with two attached hydrogens (primary N) is 1. The molecule has 0 amide bonds. The van der Waals surface area contributed by atoms with Gasteiger partial charge in [-0.15, -0.1) is 0 Å². The number of aromatic nitrogens is 7. The summed E-state index contributed by atoms with van der Waals surface area (Å²) >= 11 is 0. The monoisotopic (exact) mass is 440 g/mol. The number of anilines is 1.